The summed E-state index contributed by atoms with van der Waals surface area (Å²) in [4.78, 5) is 7.22. The van der Waals surface area contributed by atoms with Crippen LogP contribution in [0.3, 0.4) is 0 Å². The Balaban J connectivity index is 1.80. The third-order valence-corrected chi connectivity index (χ3v) is 4.73. The molecular formula is C21H36N4O3. The quantitative estimate of drug-likeness (QED) is 0.467. The van der Waals surface area contributed by atoms with Crippen molar-refractivity contribution in [2.75, 3.05) is 66.7 Å². The number of hydrogen-bond acceptors (Lipinski definition) is 5. The second-order valence-electron chi connectivity index (χ2n) is 7.10. The van der Waals surface area contributed by atoms with E-state index in [1.165, 1.54) is 5.56 Å². The van der Waals surface area contributed by atoms with Gasteiger partial charge in [-0.15, -0.1) is 0 Å². The average molecular weight is 393 g/mol. The highest BCUT2D eigenvalue weighted by atomic mass is 16.5. The number of nitrogens with zero attached hydrogens (tertiary/aromatic N) is 2. The fraction of sp³-hybridized carbons (Fsp3) is 0.667. The number of morpholine rings is 1. The van der Waals surface area contributed by atoms with Gasteiger partial charge < -0.3 is 24.8 Å². The van der Waals surface area contributed by atoms with Crippen LogP contribution in [0.4, 0.5) is 0 Å². The van der Waals surface area contributed by atoms with Gasteiger partial charge in [-0.05, 0) is 37.0 Å². The molecule has 0 amide bonds. The number of hydrogen-bond donors (Lipinski definition) is 2. The molecule has 7 heteroatoms. The maximum Gasteiger partial charge on any atom is 0.191 e. The Labute approximate surface area is 169 Å². The van der Waals surface area contributed by atoms with Gasteiger partial charge in [0.25, 0.3) is 0 Å². The molecule has 1 aromatic carbocycles. The SMILES string of the molecule is CCNC(=NCC(C)CN1CCOCC1)NCCc1ccc(OC)c(OC)c1. The van der Waals surface area contributed by atoms with Crippen molar-refractivity contribution in [3.05, 3.63) is 23.8 Å². The lowest BCUT2D eigenvalue weighted by atomic mass is 10.1. The molecular weight excluding hydrogens is 356 g/mol. The Hall–Kier alpha value is -1.99. The Morgan fingerprint density at radius 1 is 1.18 bits per heavy atom. The molecule has 0 spiro atoms. The molecule has 1 saturated heterocycles. The first-order valence-electron chi connectivity index (χ1n) is 10.2. The molecule has 1 aliphatic rings. The van der Waals surface area contributed by atoms with E-state index in [1.54, 1.807) is 14.2 Å². The van der Waals surface area contributed by atoms with Gasteiger partial charge in [0.1, 0.15) is 0 Å². The van der Waals surface area contributed by atoms with Crippen LogP contribution in [0.1, 0.15) is 19.4 Å². The van der Waals surface area contributed by atoms with Crippen molar-refractivity contribution in [2.45, 2.75) is 20.3 Å². The van der Waals surface area contributed by atoms with Crippen molar-refractivity contribution < 1.29 is 14.2 Å². The largest absolute Gasteiger partial charge is 0.493 e. The predicted octanol–water partition coefficient (Wildman–Crippen LogP) is 1.77. The average Bonchev–Trinajstić information content (AvgIpc) is 2.72. The van der Waals surface area contributed by atoms with E-state index >= 15 is 0 Å². The summed E-state index contributed by atoms with van der Waals surface area (Å²) in [6.07, 6.45) is 0.883. The number of methoxy groups -OCH3 is 2. The minimum atomic E-state index is 0.513. The standard InChI is InChI=1S/C21H36N4O3/c1-5-22-21(24-15-17(2)16-25-10-12-28-13-11-25)23-9-8-18-6-7-19(26-3)20(14-18)27-4/h6-7,14,17H,5,8-13,15-16H2,1-4H3,(H2,22,23,24). The summed E-state index contributed by atoms with van der Waals surface area (Å²) in [6.45, 7) is 11.6. The molecule has 7 nitrogen and oxygen atoms in total. The molecule has 0 aromatic heterocycles. The number of aliphatic imine (C=N–C) groups is 1. The zero-order valence-corrected chi connectivity index (χ0v) is 17.8. The normalized spacial score (nSPS) is 16.5. The van der Waals surface area contributed by atoms with Gasteiger partial charge in [0.2, 0.25) is 0 Å². The van der Waals surface area contributed by atoms with E-state index in [0.29, 0.717) is 5.92 Å². The summed E-state index contributed by atoms with van der Waals surface area (Å²) in [7, 11) is 3.31. The van der Waals surface area contributed by atoms with Crippen LogP contribution in [0, 0.1) is 5.92 Å². The van der Waals surface area contributed by atoms with Crippen LogP contribution in [0.25, 0.3) is 0 Å². The Kier molecular flexibility index (Phi) is 9.93. The van der Waals surface area contributed by atoms with Crippen molar-refractivity contribution >= 4 is 5.96 Å². The lowest BCUT2D eigenvalue weighted by Gasteiger charge is -2.28. The summed E-state index contributed by atoms with van der Waals surface area (Å²) >= 11 is 0. The van der Waals surface area contributed by atoms with E-state index in [0.717, 1.165) is 76.4 Å². The van der Waals surface area contributed by atoms with Crippen molar-refractivity contribution in [2.24, 2.45) is 10.9 Å². The topological polar surface area (TPSA) is 67.4 Å². The molecule has 1 aliphatic heterocycles. The molecule has 0 bridgehead atoms. The maximum absolute atomic E-state index is 5.42. The van der Waals surface area contributed by atoms with Crippen molar-refractivity contribution in [1.29, 1.82) is 0 Å². The predicted molar refractivity (Wildman–Crippen MR) is 114 cm³/mol. The van der Waals surface area contributed by atoms with Gasteiger partial charge in [-0.25, -0.2) is 0 Å². The Bertz CT molecular complexity index is 603. The van der Waals surface area contributed by atoms with Crippen LogP contribution in [0.5, 0.6) is 11.5 Å². The lowest BCUT2D eigenvalue weighted by molar-refractivity contribution is 0.0323. The van der Waals surface area contributed by atoms with E-state index < -0.39 is 0 Å². The van der Waals surface area contributed by atoms with E-state index in [1.807, 2.05) is 12.1 Å². The third kappa shape index (κ3) is 7.56. The summed E-state index contributed by atoms with van der Waals surface area (Å²) in [6, 6.07) is 6.03. The molecule has 28 heavy (non-hydrogen) atoms. The van der Waals surface area contributed by atoms with Gasteiger partial charge >= 0.3 is 0 Å². The summed E-state index contributed by atoms with van der Waals surface area (Å²) in [5.41, 5.74) is 1.20. The van der Waals surface area contributed by atoms with Gasteiger partial charge in [-0.2, -0.15) is 0 Å². The molecule has 0 radical (unpaired) electrons. The first-order valence-corrected chi connectivity index (χ1v) is 10.2. The first-order chi connectivity index (χ1) is 13.7. The molecule has 1 heterocycles. The van der Waals surface area contributed by atoms with E-state index in [9.17, 15) is 0 Å². The lowest BCUT2D eigenvalue weighted by Crippen LogP contribution is -2.40. The summed E-state index contributed by atoms with van der Waals surface area (Å²) in [5, 5.41) is 6.76. The highest BCUT2D eigenvalue weighted by molar-refractivity contribution is 5.79. The van der Waals surface area contributed by atoms with Crippen LogP contribution in [0.2, 0.25) is 0 Å². The second kappa shape index (κ2) is 12.5. The van der Waals surface area contributed by atoms with Crippen LogP contribution in [-0.2, 0) is 11.2 Å². The number of ether oxygens (including phenoxy) is 3. The minimum absolute atomic E-state index is 0.513. The third-order valence-electron chi connectivity index (χ3n) is 4.73. The van der Waals surface area contributed by atoms with Gasteiger partial charge in [-0.3, -0.25) is 9.89 Å². The molecule has 1 unspecified atom stereocenters. The fourth-order valence-corrected chi connectivity index (χ4v) is 3.23. The molecule has 0 saturated carbocycles. The smallest absolute Gasteiger partial charge is 0.191 e. The summed E-state index contributed by atoms with van der Waals surface area (Å²) in [5.74, 6) is 2.90. The zero-order valence-electron chi connectivity index (χ0n) is 17.8. The number of guanidine groups is 1. The first kappa shape index (κ1) is 22.3. The van der Waals surface area contributed by atoms with E-state index in [4.69, 9.17) is 19.2 Å². The zero-order chi connectivity index (χ0) is 20.2. The second-order valence-corrected chi connectivity index (χ2v) is 7.10. The van der Waals surface area contributed by atoms with Crippen LogP contribution in [-0.4, -0.2) is 77.6 Å². The Morgan fingerprint density at radius 2 is 1.93 bits per heavy atom. The van der Waals surface area contributed by atoms with Gasteiger partial charge in [0.15, 0.2) is 17.5 Å². The fourth-order valence-electron chi connectivity index (χ4n) is 3.23. The molecule has 1 aromatic rings. The molecule has 2 rings (SSSR count). The van der Waals surface area contributed by atoms with Gasteiger partial charge in [0.05, 0.1) is 27.4 Å². The van der Waals surface area contributed by atoms with Gasteiger partial charge in [0, 0.05) is 39.3 Å². The van der Waals surface area contributed by atoms with Crippen LogP contribution >= 0.6 is 0 Å². The Morgan fingerprint density at radius 3 is 2.61 bits per heavy atom. The number of benzene rings is 1. The molecule has 1 atom stereocenters. The maximum atomic E-state index is 5.42. The van der Waals surface area contributed by atoms with Crippen LogP contribution < -0.4 is 20.1 Å². The van der Waals surface area contributed by atoms with Gasteiger partial charge in [-0.1, -0.05) is 13.0 Å². The molecule has 2 N–H and O–H groups in total. The molecule has 1 fully saturated rings. The molecule has 0 aliphatic carbocycles. The highest BCUT2D eigenvalue weighted by Crippen LogP contribution is 2.27. The molecule has 158 valence electrons. The number of nitrogens with one attached hydrogen (secondary N) is 2. The van der Waals surface area contributed by atoms with E-state index in [-0.39, 0.29) is 0 Å². The van der Waals surface area contributed by atoms with Crippen molar-refractivity contribution in [3.63, 3.8) is 0 Å². The minimum Gasteiger partial charge on any atom is -0.493 e. The summed E-state index contributed by atoms with van der Waals surface area (Å²) < 4.78 is 16.1. The monoisotopic (exact) mass is 392 g/mol. The van der Waals surface area contributed by atoms with Crippen molar-refractivity contribution in [3.8, 4) is 11.5 Å². The highest BCUT2D eigenvalue weighted by Gasteiger charge is 2.13. The van der Waals surface area contributed by atoms with E-state index in [2.05, 4.69) is 35.4 Å². The number of rotatable bonds is 10. The van der Waals surface area contributed by atoms with Crippen LogP contribution in [0.15, 0.2) is 23.2 Å². The van der Waals surface area contributed by atoms with Crippen molar-refractivity contribution in [1.82, 2.24) is 15.5 Å².